The highest BCUT2D eigenvalue weighted by Crippen LogP contribution is 2.16. The van der Waals surface area contributed by atoms with E-state index in [4.69, 9.17) is 5.26 Å². The van der Waals surface area contributed by atoms with E-state index in [0.717, 1.165) is 26.2 Å². The number of piperazine rings is 1. The van der Waals surface area contributed by atoms with E-state index in [1.165, 1.54) is 0 Å². The molecule has 1 saturated heterocycles. The first-order valence-electron chi connectivity index (χ1n) is 8.29. The van der Waals surface area contributed by atoms with Gasteiger partial charge in [-0.05, 0) is 32.9 Å². The number of nitriles is 1. The first-order chi connectivity index (χ1) is 11.3. The monoisotopic (exact) mass is 330 g/mol. The van der Waals surface area contributed by atoms with Crippen LogP contribution in [-0.2, 0) is 4.79 Å². The van der Waals surface area contributed by atoms with Gasteiger partial charge in [-0.2, -0.15) is 5.26 Å². The molecule has 1 fully saturated rings. The lowest BCUT2D eigenvalue weighted by atomic mass is 10.1. The predicted molar refractivity (Wildman–Crippen MR) is 93.6 cm³/mol. The van der Waals surface area contributed by atoms with Gasteiger partial charge in [0.1, 0.15) is 6.07 Å². The van der Waals surface area contributed by atoms with Gasteiger partial charge in [0, 0.05) is 32.7 Å². The molecule has 0 spiro atoms. The van der Waals surface area contributed by atoms with Crippen LogP contribution >= 0.6 is 0 Å². The lowest BCUT2D eigenvalue weighted by Gasteiger charge is -2.39. The van der Waals surface area contributed by atoms with E-state index in [1.807, 2.05) is 20.8 Å². The Hall–Kier alpha value is -1.94. The van der Waals surface area contributed by atoms with Crippen LogP contribution in [0.25, 0.3) is 0 Å². The Morgan fingerprint density at radius 1 is 1.33 bits per heavy atom. The average molecular weight is 330 g/mol. The van der Waals surface area contributed by atoms with E-state index in [2.05, 4.69) is 21.2 Å². The van der Waals surface area contributed by atoms with Gasteiger partial charge < -0.3 is 10.4 Å². The van der Waals surface area contributed by atoms with Crippen LogP contribution in [-0.4, -0.2) is 65.2 Å². The van der Waals surface area contributed by atoms with E-state index in [9.17, 15) is 9.90 Å². The molecule has 6 nitrogen and oxygen atoms in total. The quantitative estimate of drug-likeness (QED) is 0.850. The van der Waals surface area contributed by atoms with Crippen molar-refractivity contribution in [3.8, 4) is 6.07 Å². The first kappa shape index (κ1) is 18.4. The Balaban J connectivity index is 1.90. The second-order valence-corrected chi connectivity index (χ2v) is 6.95. The van der Waals surface area contributed by atoms with Gasteiger partial charge in [0.15, 0.2) is 0 Å². The van der Waals surface area contributed by atoms with Crippen LogP contribution in [0, 0.1) is 11.3 Å². The maximum absolute atomic E-state index is 12.5. The Kier molecular flexibility index (Phi) is 5.94. The highest BCUT2D eigenvalue weighted by Gasteiger charge is 2.28. The SMILES string of the molecule is C[C@H](C(=O)Nc1ccccc1C#N)N1CCN(CC(C)(C)O)CC1. The zero-order valence-electron chi connectivity index (χ0n) is 14.6. The number of aliphatic hydroxyl groups is 1. The second kappa shape index (κ2) is 7.75. The van der Waals surface area contributed by atoms with Gasteiger partial charge >= 0.3 is 0 Å². The first-order valence-corrected chi connectivity index (χ1v) is 8.29. The maximum Gasteiger partial charge on any atom is 0.241 e. The van der Waals surface area contributed by atoms with Crippen LogP contribution in [0.2, 0.25) is 0 Å². The third-order valence-corrected chi connectivity index (χ3v) is 4.25. The van der Waals surface area contributed by atoms with E-state index < -0.39 is 5.60 Å². The van der Waals surface area contributed by atoms with Crippen LogP contribution in [0.3, 0.4) is 0 Å². The van der Waals surface area contributed by atoms with Crippen molar-refractivity contribution >= 4 is 11.6 Å². The van der Waals surface area contributed by atoms with Crippen LogP contribution < -0.4 is 5.32 Å². The summed E-state index contributed by atoms with van der Waals surface area (Å²) in [5.41, 5.74) is 0.317. The number of β-amino-alcohol motifs (C(OH)–C–C–N with tert-alkyl or cyclic N) is 1. The van der Waals surface area contributed by atoms with Gasteiger partial charge in [-0.1, -0.05) is 12.1 Å². The predicted octanol–water partition coefficient (Wildman–Crippen LogP) is 1.27. The van der Waals surface area contributed by atoms with Gasteiger partial charge in [0.25, 0.3) is 0 Å². The maximum atomic E-state index is 12.5. The van der Waals surface area contributed by atoms with Crippen molar-refractivity contribution in [2.24, 2.45) is 0 Å². The largest absolute Gasteiger partial charge is 0.389 e. The lowest BCUT2D eigenvalue weighted by Crippen LogP contribution is -2.54. The molecule has 0 aliphatic carbocycles. The summed E-state index contributed by atoms with van der Waals surface area (Å²) in [4.78, 5) is 16.8. The van der Waals surface area contributed by atoms with Crippen molar-refractivity contribution in [1.82, 2.24) is 9.80 Å². The van der Waals surface area contributed by atoms with Crippen molar-refractivity contribution < 1.29 is 9.90 Å². The van der Waals surface area contributed by atoms with Crippen LogP contribution in [0.15, 0.2) is 24.3 Å². The van der Waals surface area contributed by atoms with Crippen LogP contribution in [0.4, 0.5) is 5.69 Å². The minimum atomic E-state index is -0.702. The zero-order valence-corrected chi connectivity index (χ0v) is 14.6. The molecular weight excluding hydrogens is 304 g/mol. The smallest absolute Gasteiger partial charge is 0.241 e. The lowest BCUT2D eigenvalue weighted by molar-refractivity contribution is -0.121. The van der Waals surface area contributed by atoms with Gasteiger partial charge in [-0.15, -0.1) is 0 Å². The van der Waals surface area contributed by atoms with Crippen molar-refractivity contribution in [2.75, 3.05) is 38.0 Å². The molecule has 130 valence electrons. The molecule has 1 heterocycles. The number of para-hydroxylation sites is 1. The number of benzene rings is 1. The number of amides is 1. The molecule has 24 heavy (non-hydrogen) atoms. The van der Waals surface area contributed by atoms with Crippen LogP contribution in [0.5, 0.6) is 0 Å². The highest BCUT2D eigenvalue weighted by molar-refractivity contribution is 5.95. The molecule has 1 aromatic rings. The van der Waals surface area contributed by atoms with Crippen molar-refractivity contribution in [3.63, 3.8) is 0 Å². The molecular formula is C18H26N4O2. The highest BCUT2D eigenvalue weighted by atomic mass is 16.3. The Morgan fingerprint density at radius 2 is 1.96 bits per heavy atom. The number of carbonyl (C=O) groups excluding carboxylic acids is 1. The fourth-order valence-electron chi connectivity index (χ4n) is 2.95. The molecule has 1 amide bonds. The normalized spacial score (nSPS) is 18.0. The van der Waals surface area contributed by atoms with E-state index in [0.29, 0.717) is 17.8 Å². The van der Waals surface area contributed by atoms with Gasteiger partial charge in [-0.25, -0.2) is 0 Å². The molecule has 0 radical (unpaired) electrons. The van der Waals surface area contributed by atoms with Gasteiger partial charge in [-0.3, -0.25) is 14.6 Å². The van der Waals surface area contributed by atoms with Crippen molar-refractivity contribution in [1.29, 1.82) is 5.26 Å². The molecule has 1 aliphatic heterocycles. The number of carbonyl (C=O) groups is 1. The van der Waals surface area contributed by atoms with Gasteiger partial charge in [0.2, 0.25) is 5.91 Å². The summed E-state index contributed by atoms with van der Waals surface area (Å²) >= 11 is 0. The summed E-state index contributed by atoms with van der Waals surface area (Å²) in [6.45, 7) is 9.36. The van der Waals surface area contributed by atoms with E-state index in [-0.39, 0.29) is 11.9 Å². The van der Waals surface area contributed by atoms with E-state index >= 15 is 0 Å². The summed E-state index contributed by atoms with van der Waals surface area (Å²) in [5.74, 6) is -0.103. The second-order valence-electron chi connectivity index (χ2n) is 6.95. The zero-order chi connectivity index (χ0) is 17.7. The third kappa shape index (κ3) is 5.03. The molecule has 1 atom stereocenters. The number of nitrogens with zero attached hydrogens (tertiary/aromatic N) is 3. The van der Waals surface area contributed by atoms with Crippen molar-refractivity contribution in [2.45, 2.75) is 32.4 Å². The fraction of sp³-hybridized carbons (Fsp3) is 0.556. The minimum absolute atomic E-state index is 0.103. The molecule has 0 unspecified atom stereocenters. The molecule has 0 aromatic heterocycles. The molecule has 0 bridgehead atoms. The number of rotatable bonds is 5. The number of nitrogens with one attached hydrogen (secondary N) is 1. The summed E-state index contributed by atoms with van der Waals surface area (Å²) in [7, 11) is 0. The Labute approximate surface area is 143 Å². The molecule has 6 heteroatoms. The summed E-state index contributed by atoms with van der Waals surface area (Å²) in [5, 5.41) is 21.9. The minimum Gasteiger partial charge on any atom is -0.389 e. The molecule has 1 aliphatic rings. The molecule has 0 saturated carbocycles. The molecule has 2 N–H and O–H groups in total. The average Bonchev–Trinajstić information content (AvgIpc) is 2.54. The number of anilines is 1. The van der Waals surface area contributed by atoms with Crippen LogP contribution in [0.1, 0.15) is 26.3 Å². The number of hydrogen-bond donors (Lipinski definition) is 2. The van der Waals surface area contributed by atoms with Crippen molar-refractivity contribution in [3.05, 3.63) is 29.8 Å². The number of hydrogen-bond acceptors (Lipinski definition) is 5. The standard InChI is InChI=1S/C18H26N4O2/c1-14(17(23)20-16-7-5-4-6-15(16)12-19)22-10-8-21(9-11-22)13-18(2,3)24/h4-7,14,24H,8-11,13H2,1-3H3,(H,20,23)/t14-/m1/s1. The summed E-state index contributed by atoms with van der Waals surface area (Å²) < 4.78 is 0. The van der Waals surface area contributed by atoms with Gasteiger partial charge in [0.05, 0.1) is 22.9 Å². The summed E-state index contributed by atoms with van der Waals surface area (Å²) in [6, 6.07) is 8.84. The Bertz CT molecular complexity index is 610. The van der Waals surface area contributed by atoms with E-state index in [1.54, 1.807) is 24.3 Å². The third-order valence-electron chi connectivity index (χ3n) is 4.25. The summed E-state index contributed by atoms with van der Waals surface area (Å²) in [6.07, 6.45) is 0. The molecule has 2 rings (SSSR count). The fourth-order valence-corrected chi connectivity index (χ4v) is 2.95. The molecule has 1 aromatic carbocycles. The topological polar surface area (TPSA) is 79.6 Å². The Morgan fingerprint density at radius 3 is 2.54 bits per heavy atom.